The van der Waals surface area contributed by atoms with Gasteiger partial charge in [0, 0.05) is 30.6 Å². The van der Waals surface area contributed by atoms with E-state index in [1.54, 1.807) is 6.07 Å². The third-order valence-corrected chi connectivity index (χ3v) is 8.65. The highest BCUT2D eigenvalue weighted by molar-refractivity contribution is 7.89. The highest BCUT2D eigenvalue weighted by atomic mass is 35.5. The molecule has 0 N–H and O–H groups in total. The van der Waals surface area contributed by atoms with Crippen molar-refractivity contribution in [2.24, 2.45) is 5.92 Å². The van der Waals surface area contributed by atoms with Crippen molar-refractivity contribution in [2.45, 2.75) is 36.6 Å². The average Bonchev–Trinajstić information content (AvgIpc) is 3.25. The summed E-state index contributed by atoms with van der Waals surface area (Å²) in [5.74, 6) is -0.0187. The Kier molecular flexibility index (Phi) is 6.39. The van der Waals surface area contributed by atoms with Gasteiger partial charge >= 0.3 is 0 Å². The Balaban J connectivity index is 1.44. The molecule has 0 spiro atoms. The Morgan fingerprint density at radius 3 is 2.33 bits per heavy atom. The minimum atomic E-state index is -3.75. The maximum absolute atomic E-state index is 13.2. The molecular weight excluding hydrogens is 443 g/mol. The smallest absolute Gasteiger partial charge is 0.244 e. The maximum Gasteiger partial charge on any atom is 0.244 e. The first-order chi connectivity index (χ1) is 14.4. The summed E-state index contributed by atoms with van der Waals surface area (Å²) in [5.41, 5.74) is 1.17. The predicted octanol–water partition coefficient (Wildman–Crippen LogP) is 4.76. The fourth-order valence-electron chi connectivity index (χ4n) is 4.44. The number of sulfonamides is 1. The number of amides is 1. The fourth-order valence-corrected chi connectivity index (χ4v) is 6.65. The number of likely N-dealkylation sites (tertiary alicyclic amines) is 1. The Morgan fingerprint density at radius 2 is 1.63 bits per heavy atom. The van der Waals surface area contributed by atoms with Crippen LogP contribution in [0.15, 0.2) is 53.4 Å². The number of carbonyl (C=O) groups is 1. The highest BCUT2D eigenvalue weighted by Crippen LogP contribution is 2.35. The van der Waals surface area contributed by atoms with Crippen molar-refractivity contribution < 1.29 is 13.2 Å². The molecule has 2 aromatic carbocycles. The zero-order valence-corrected chi connectivity index (χ0v) is 18.8. The second-order valence-corrected chi connectivity index (χ2v) is 10.6. The summed E-state index contributed by atoms with van der Waals surface area (Å²) < 4.78 is 27.4. The molecule has 0 saturated carbocycles. The molecule has 2 saturated heterocycles. The fraction of sp³-hybridized carbons (Fsp3) is 0.409. The van der Waals surface area contributed by atoms with Crippen molar-refractivity contribution in [1.29, 1.82) is 0 Å². The molecule has 30 heavy (non-hydrogen) atoms. The van der Waals surface area contributed by atoms with E-state index in [-0.39, 0.29) is 27.8 Å². The quantitative estimate of drug-likeness (QED) is 0.652. The SMILES string of the molecule is O=C(C1CCN(S(=O)(=O)c2cc(Cl)ccc2Cl)CC1)N1CCC[C@@H]1c1ccccc1. The molecule has 0 radical (unpaired) electrons. The van der Waals surface area contributed by atoms with Gasteiger partial charge in [0.15, 0.2) is 0 Å². The molecule has 1 atom stereocenters. The molecule has 1 amide bonds. The summed E-state index contributed by atoms with van der Waals surface area (Å²) in [6.07, 6.45) is 2.98. The largest absolute Gasteiger partial charge is 0.335 e. The molecule has 4 rings (SSSR count). The van der Waals surface area contributed by atoms with E-state index in [0.29, 0.717) is 31.0 Å². The summed E-state index contributed by atoms with van der Waals surface area (Å²) >= 11 is 12.1. The predicted molar refractivity (Wildman–Crippen MR) is 118 cm³/mol. The number of rotatable bonds is 4. The summed E-state index contributed by atoms with van der Waals surface area (Å²) in [6.45, 7) is 1.35. The zero-order valence-electron chi connectivity index (χ0n) is 16.5. The lowest BCUT2D eigenvalue weighted by Gasteiger charge is -2.34. The summed E-state index contributed by atoms with van der Waals surface area (Å²) in [7, 11) is -3.75. The molecule has 160 valence electrons. The van der Waals surface area contributed by atoms with Crippen LogP contribution in [-0.2, 0) is 14.8 Å². The first-order valence-corrected chi connectivity index (χ1v) is 12.4. The van der Waals surface area contributed by atoms with Crippen molar-refractivity contribution in [3.63, 3.8) is 0 Å². The van der Waals surface area contributed by atoms with E-state index in [0.717, 1.165) is 19.4 Å². The number of halogens is 2. The standard InChI is InChI=1S/C22H24Cl2N2O3S/c23-18-8-9-19(24)21(15-18)30(28,29)25-13-10-17(11-14-25)22(27)26-12-4-7-20(26)16-5-2-1-3-6-16/h1-3,5-6,8-9,15,17,20H,4,7,10-14H2/t20-/m1/s1. The Morgan fingerprint density at radius 1 is 0.933 bits per heavy atom. The average molecular weight is 467 g/mol. The van der Waals surface area contributed by atoms with E-state index < -0.39 is 10.0 Å². The van der Waals surface area contributed by atoms with Crippen LogP contribution in [0.2, 0.25) is 10.0 Å². The number of hydrogen-bond acceptors (Lipinski definition) is 3. The second kappa shape index (κ2) is 8.87. The number of nitrogens with zero attached hydrogens (tertiary/aromatic N) is 2. The zero-order chi connectivity index (χ0) is 21.3. The van der Waals surface area contributed by atoms with Crippen LogP contribution in [-0.4, -0.2) is 43.2 Å². The molecule has 2 aliphatic rings. The van der Waals surface area contributed by atoms with Gasteiger partial charge in [-0.3, -0.25) is 4.79 Å². The van der Waals surface area contributed by atoms with Crippen molar-refractivity contribution in [3.8, 4) is 0 Å². The molecular formula is C22H24Cl2N2O3S. The van der Waals surface area contributed by atoms with Crippen LogP contribution in [0.3, 0.4) is 0 Å². The molecule has 2 heterocycles. The molecule has 2 fully saturated rings. The lowest BCUT2D eigenvalue weighted by Crippen LogP contribution is -2.44. The highest BCUT2D eigenvalue weighted by Gasteiger charge is 2.38. The topological polar surface area (TPSA) is 57.7 Å². The van der Waals surface area contributed by atoms with Gasteiger partial charge in [0.05, 0.1) is 11.1 Å². The molecule has 0 aliphatic carbocycles. The normalized spacial score (nSPS) is 21.1. The van der Waals surface area contributed by atoms with Gasteiger partial charge in [-0.2, -0.15) is 4.31 Å². The van der Waals surface area contributed by atoms with Crippen LogP contribution in [0.5, 0.6) is 0 Å². The van der Waals surface area contributed by atoms with Gasteiger partial charge in [-0.15, -0.1) is 0 Å². The third kappa shape index (κ3) is 4.24. The number of carbonyl (C=O) groups excluding carboxylic acids is 1. The molecule has 8 heteroatoms. The second-order valence-electron chi connectivity index (χ2n) is 7.85. The molecule has 5 nitrogen and oxygen atoms in total. The van der Waals surface area contributed by atoms with Gasteiger partial charge in [0.25, 0.3) is 0 Å². The van der Waals surface area contributed by atoms with Crippen LogP contribution < -0.4 is 0 Å². The van der Waals surface area contributed by atoms with E-state index in [2.05, 4.69) is 12.1 Å². The van der Waals surface area contributed by atoms with E-state index in [1.165, 1.54) is 22.0 Å². The van der Waals surface area contributed by atoms with Crippen molar-refractivity contribution in [1.82, 2.24) is 9.21 Å². The van der Waals surface area contributed by atoms with E-state index in [1.807, 2.05) is 23.1 Å². The van der Waals surface area contributed by atoms with Gasteiger partial charge in [-0.25, -0.2) is 8.42 Å². The molecule has 2 aromatic rings. The van der Waals surface area contributed by atoms with Gasteiger partial charge in [-0.05, 0) is 49.4 Å². The van der Waals surface area contributed by atoms with E-state index in [9.17, 15) is 13.2 Å². The van der Waals surface area contributed by atoms with Gasteiger partial charge in [0.1, 0.15) is 4.90 Å². The maximum atomic E-state index is 13.2. The van der Waals surface area contributed by atoms with E-state index in [4.69, 9.17) is 23.2 Å². The van der Waals surface area contributed by atoms with Crippen molar-refractivity contribution >= 4 is 39.1 Å². The first-order valence-electron chi connectivity index (χ1n) is 10.2. The van der Waals surface area contributed by atoms with Crippen LogP contribution in [0.4, 0.5) is 0 Å². The van der Waals surface area contributed by atoms with Crippen LogP contribution in [0.1, 0.15) is 37.3 Å². The number of benzene rings is 2. The summed E-state index contributed by atoms with van der Waals surface area (Å²) in [5, 5.41) is 0.476. The Hall–Kier alpha value is -1.60. The minimum Gasteiger partial charge on any atom is -0.335 e. The number of piperidine rings is 1. The molecule has 2 aliphatic heterocycles. The lowest BCUT2D eigenvalue weighted by atomic mass is 9.95. The summed E-state index contributed by atoms with van der Waals surface area (Å²) in [4.78, 5) is 15.2. The molecule has 0 bridgehead atoms. The minimum absolute atomic E-state index is 0.0186. The lowest BCUT2D eigenvalue weighted by molar-refractivity contribution is -0.137. The van der Waals surface area contributed by atoms with Crippen LogP contribution >= 0.6 is 23.2 Å². The summed E-state index contributed by atoms with van der Waals surface area (Å²) in [6, 6.07) is 14.7. The van der Waals surface area contributed by atoms with Gasteiger partial charge < -0.3 is 4.90 Å². The molecule has 0 unspecified atom stereocenters. The molecule has 0 aromatic heterocycles. The number of hydrogen-bond donors (Lipinski definition) is 0. The Labute approximate surface area is 187 Å². The van der Waals surface area contributed by atoms with E-state index >= 15 is 0 Å². The van der Waals surface area contributed by atoms with Crippen molar-refractivity contribution in [2.75, 3.05) is 19.6 Å². The van der Waals surface area contributed by atoms with Crippen molar-refractivity contribution in [3.05, 3.63) is 64.1 Å². The first kappa shape index (κ1) is 21.6. The Bertz CT molecular complexity index is 1020. The van der Waals surface area contributed by atoms with Gasteiger partial charge in [-0.1, -0.05) is 53.5 Å². The third-order valence-electron chi connectivity index (χ3n) is 6.03. The monoisotopic (exact) mass is 466 g/mol. The van der Waals surface area contributed by atoms with Crippen LogP contribution in [0, 0.1) is 5.92 Å². The van der Waals surface area contributed by atoms with Crippen LogP contribution in [0.25, 0.3) is 0 Å². The van der Waals surface area contributed by atoms with Gasteiger partial charge in [0.2, 0.25) is 15.9 Å².